The van der Waals surface area contributed by atoms with Gasteiger partial charge in [0.2, 0.25) is 0 Å². The number of nitrogens with zero attached hydrogens (tertiary/aromatic N) is 1. The predicted octanol–water partition coefficient (Wildman–Crippen LogP) is 1.79. The Morgan fingerprint density at radius 1 is 1.31 bits per heavy atom. The molecule has 0 aromatic carbocycles. The van der Waals surface area contributed by atoms with E-state index < -0.39 is 5.60 Å². The number of rotatable bonds is 2. The van der Waals surface area contributed by atoms with Crippen LogP contribution in [0.2, 0.25) is 0 Å². The van der Waals surface area contributed by atoms with E-state index in [2.05, 4.69) is 4.90 Å². The van der Waals surface area contributed by atoms with Crippen LogP contribution < -0.4 is 0 Å². The molecule has 0 aromatic heterocycles. The van der Waals surface area contributed by atoms with E-state index in [0.717, 1.165) is 32.4 Å². The summed E-state index contributed by atoms with van der Waals surface area (Å²) >= 11 is 0. The van der Waals surface area contributed by atoms with Gasteiger partial charge in [0, 0.05) is 19.7 Å². The molecule has 1 saturated heterocycles. The highest BCUT2D eigenvalue weighted by atomic mass is 16.5. The molecule has 1 aliphatic carbocycles. The van der Waals surface area contributed by atoms with Gasteiger partial charge in [0.05, 0.1) is 11.7 Å². The Morgan fingerprint density at radius 3 is 2.81 bits per heavy atom. The normalized spacial score (nSPS) is 42.2. The van der Waals surface area contributed by atoms with Gasteiger partial charge >= 0.3 is 0 Å². The fraction of sp³-hybridized carbons (Fsp3) is 1.00. The Labute approximate surface area is 98.8 Å². The molecule has 0 amide bonds. The summed E-state index contributed by atoms with van der Waals surface area (Å²) in [7, 11) is 1.82. The Balaban J connectivity index is 1.91. The molecule has 2 rings (SSSR count). The van der Waals surface area contributed by atoms with Crippen molar-refractivity contribution in [3.63, 3.8) is 0 Å². The lowest BCUT2D eigenvalue weighted by atomic mass is 9.87. The molecule has 3 heteroatoms. The van der Waals surface area contributed by atoms with Gasteiger partial charge in [-0.05, 0) is 52.0 Å². The van der Waals surface area contributed by atoms with Crippen molar-refractivity contribution in [1.29, 1.82) is 0 Å². The molecule has 3 nitrogen and oxygen atoms in total. The molecule has 16 heavy (non-hydrogen) atoms. The molecule has 2 fully saturated rings. The van der Waals surface area contributed by atoms with Crippen LogP contribution in [-0.4, -0.2) is 48.0 Å². The second kappa shape index (κ2) is 5.03. The summed E-state index contributed by atoms with van der Waals surface area (Å²) < 4.78 is 5.47. The van der Waals surface area contributed by atoms with E-state index in [0.29, 0.717) is 12.1 Å². The third-order valence-electron chi connectivity index (χ3n) is 4.15. The fourth-order valence-electron chi connectivity index (χ4n) is 3.24. The SMILES string of the molecule is COC1CCCC(N2CCCC(C)(O)C2)C1. The van der Waals surface area contributed by atoms with Crippen molar-refractivity contribution in [2.24, 2.45) is 0 Å². The van der Waals surface area contributed by atoms with Crippen LogP contribution in [0.5, 0.6) is 0 Å². The lowest BCUT2D eigenvalue weighted by Crippen LogP contribution is -2.51. The number of hydrogen-bond donors (Lipinski definition) is 1. The van der Waals surface area contributed by atoms with Crippen LogP contribution in [-0.2, 0) is 4.74 Å². The van der Waals surface area contributed by atoms with Gasteiger partial charge in [0.1, 0.15) is 0 Å². The number of β-amino-alcohol motifs (C(OH)–C–C–N with tert-alkyl or cyclic N) is 1. The molecule has 94 valence electrons. The topological polar surface area (TPSA) is 32.7 Å². The molecule has 1 saturated carbocycles. The maximum atomic E-state index is 10.1. The maximum absolute atomic E-state index is 10.1. The Kier molecular flexibility index (Phi) is 3.88. The van der Waals surface area contributed by atoms with Gasteiger partial charge in [-0.2, -0.15) is 0 Å². The van der Waals surface area contributed by atoms with Crippen LogP contribution in [0.25, 0.3) is 0 Å². The predicted molar refractivity (Wildman–Crippen MR) is 64.5 cm³/mol. The Morgan fingerprint density at radius 2 is 2.12 bits per heavy atom. The first-order valence-corrected chi connectivity index (χ1v) is 6.60. The first kappa shape index (κ1) is 12.3. The van der Waals surface area contributed by atoms with Gasteiger partial charge < -0.3 is 9.84 Å². The minimum absolute atomic E-state index is 0.436. The molecular formula is C13H25NO2. The lowest BCUT2D eigenvalue weighted by Gasteiger charge is -2.43. The van der Waals surface area contributed by atoms with Crippen molar-refractivity contribution < 1.29 is 9.84 Å². The summed E-state index contributed by atoms with van der Waals surface area (Å²) in [6.07, 6.45) is 7.40. The number of likely N-dealkylation sites (tertiary alicyclic amines) is 1. The van der Waals surface area contributed by atoms with Crippen molar-refractivity contribution in [1.82, 2.24) is 4.90 Å². The van der Waals surface area contributed by atoms with Crippen molar-refractivity contribution in [3.8, 4) is 0 Å². The van der Waals surface area contributed by atoms with E-state index in [9.17, 15) is 5.11 Å². The number of aliphatic hydroxyl groups is 1. The van der Waals surface area contributed by atoms with Crippen molar-refractivity contribution >= 4 is 0 Å². The third-order valence-corrected chi connectivity index (χ3v) is 4.15. The summed E-state index contributed by atoms with van der Waals surface area (Å²) in [6.45, 7) is 3.96. The zero-order valence-electron chi connectivity index (χ0n) is 10.6. The minimum Gasteiger partial charge on any atom is -0.389 e. The molecule has 0 spiro atoms. The number of methoxy groups -OCH3 is 1. The Bertz CT molecular complexity index is 230. The quantitative estimate of drug-likeness (QED) is 0.780. The summed E-state index contributed by atoms with van der Waals surface area (Å²) in [5, 5.41) is 10.1. The van der Waals surface area contributed by atoms with Crippen molar-refractivity contribution in [2.75, 3.05) is 20.2 Å². The summed E-state index contributed by atoms with van der Waals surface area (Å²) in [4.78, 5) is 2.48. The maximum Gasteiger partial charge on any atom is 0.0746 e. The third kappa shape index (κ3) is 2.96. The number of ether oxygens (including phenoxy) is 1. The second-order valence-corrected chi connectivity index (χ2v) is 5.75. The van der Waals surface area contributed by atoms with E-state index in [4.69, 9.17) is 4.74 Å². The van der Waals surface area contributed by atoms with Gasteiger partial charge in [-0.25, -0.2) is 0 Å². The van der Waals surface area contributed by atoms with E-state index in [1.807, 2.05) is 14.0 Å². The molecular weight excluding hydrogens is 202 g/mol. The number of piperidine rings is 1. The average Bonchev–Trinajstić information content (AvgIpc) is 2.28. The molecule has 0 aromatic rings. The minimum atomic E-state index is -0.474. The van der Waals surface area contributed by atoms with Crippen LogP contribution in [0.1, 0.15) is 45.4 Å². The molecule has 1 heterocycles. The molecule has 1 N–H and O–H groups in total. The molecule has 1 aliphatic heterocycles. The van der Waals surface area contributed by atoms with Crippen LogP contribution in [0.3, 0.4) is 0 Å². The van der Waals surface area contributed by atoms with Crippen LogP contribution in [0, 0.1) is 0 Å². The van der Waals surface area contributed by atoms with Crippen molar-refractivity contribution in [2.45, 2.75) is 63.2 Å². The largest absolute Gasteiger partial charge is 0.389 e. The molecule has 0 radical (unpaired) electrons. The van der Waals surface area contributed by atoms with Crippen LogP contribution >= 0.6 is 0 Å². The fourth-order valence-corrected chi connectivity index (χ4v) is 3.24. The van der Waals surface area contributed by atoms with E-state index in [-0.39, 0.29) is 0 Å². The summed E-state index contributed by atoms with van der Waals surface area (Å²) in [5.74, 6) is 0. The van der Waals surface area contributed by atoms with Crippen LogP contribution in [0.4, 0.5) is 0 Å². The Hall–Kier alpha value is -0.120. The second-order valence-electron chi connectivity index (χ2n) is 5.75. The van der Waals surface area contributed by atoms with E-state index >= 15 is 0 Å². The average molecular weight is 227 g/mol. The molecule has 0 bridgehead atoms. The highest BCUT2D eigenvalue weighted by molar-refractivity contribution is 4.89. The van der Waals surface area contributed by atoms with Crippen LogP contribution in [0.15, 0.2) is 0 Å². The first-order chi connectivity index (χ1) is 7.61. The van der Waals surface area contributed by atoms with Gasteiger partial charge in [-0.15, -0.1) is 0 Å². The molecule has 3 unspecified atom stereocenters. The lowest BCUT2D eigenvalue weighted by molar-refractivity contribution is -0.0489. The monoisotopic (exact) mass is 227 g/mol. The molecule has 2 aliphatic rings. The zero-order valence-corrected chi connectivity index (χ0v) is 10.6. The van der Waals surface area contributed by atoms with Crippen molar-refractivity contribution in [3.05, 3.63) is 0 Å². The zero-order chi connectivity index (χ0) is 11.6. The highest BCUT2D eigenvalue weighted by Crippen LogP contribution is 2.29. The van der Waals surface area contributed by atoms with Gasteiger partial charge in [0.25, 0.3) is 0 Å². The highest BCUT2D eigenvalue weighted by Gasteiger charge is 2.34. The summed E-state index contributed by atoms with van der Waals surface area (Å²) in [6, 6.07) is 0.630. The van der Waals surface area contributed by atoms with Gasteiger partial charge in [-0.1, -0.05) is 0 Å². The van der Waals surface area contributed by atoms with Gasteiger partial charge in [0.15, 0.2) is 0 Å². The van der Waals surface area contributed by atoms with E-state index in [1.165, 1.54) is 19.3 Å². The first-order valence-electron chi connectivity index (χ1n) is 6.60. The smallest absolute Gasteiger partial charge is 0.0746 e. The standard InChI is InChI=1S/C13H25NO2/c1-13(15)7-4-8-14(10-13)11-5-3-6-12(9-11)16-2/h11-12,15H,3-10H2,1-2H3. The van der Waals surface area contributed by atoms with E-state index in [1.54, 1.807) is 0 Å². The summed E-state index contributed by atoms with van der Waals surface area (Å²) in [5.41, 5.74) is -0.474. The number of hydrogen-bond acceptors (Lipinski definition) is 3. The van der Waals surface area contributed by atoms with Gasteiger partial charge in [-0.3, -0.25) is 4.90 Å². The molecule has 3 atom stereocenters.